The lowest BCUT2D eigenvalue weighted by Crippen LogP contribution is -2.25. The van der Waals surface area contributed by atoms with Gasteiger partial charge in [-0.05, 0) is 26.2 Å². The number of rotatable bonds is 5. The summed E-state index contributed by atoms with van der Waals surface area (Å²) in [5.41, 5.74) is 0. The van der Waals surface area contributed by atoms with Gasteiger partial charge in [0.15, 0.2) is 6.10 Å². The van der Waals surface area contributed by atoms with E-state index in [-0.39, 0.29) is 6.10 Å². The van der Waals surface area contributed by atoms with Crippen LogP contribution in [-0.4, -0.2) is 23.3 Å². The van der Waals surface area contributed by atoms with Crippen LogP contribution in [0.1, 0.15) is 34.1 Å². The van der Waals surface area contributed by atoms with Gasteiger partial charge >= 0.3 is 5.97 Å². The van der Waals surface area contributed by atoms with Crippen LogP contribution < -0.4 is 0 Å². The fourth-order valence-corrected chi connectivity index (χ4v) is 1.13. The van der Waals surface area contributed by atoms with Crippen molar-refractivity contribution in [2.45, 2.75) is 46.3 Å². The molecule has 72 valence electrons. The molecular formula is C9H18O3. The van der Waals surface area contributed by atoms with Crippen LogP contribution in [0.25, 0.3) is 0 Å². The van der Waals surface area contributed by atoms with Crippen LogP contribution in [0.3, 0.4) is 0 Å². The molecule has 0 radical (unpaired) electrons. The van der Waals surface area contributed by atoms with Crippen LogP contribution in [-0.2, 0) is 9.53 Å². The van der Waals surface area contributed by atoms with E-state index < -0.39 is 12.1 Å². The molecule has 0 spiro atoms. The van der Waals surface area contributed by atoms with Gasteiger partial charge in [-0.25, -0.2) is 4.79 Å². The summed E-state index contributed by atoms with van der Waals surface area (Å²) in [7, 11) is 0. The minimum Gasteiger partial charge on any atom is -0.479 e. The van der Waals surface area contributed by atoms with Gasteiger partial charge < -0.3 is 9.84 Å². The van der Waals surface area contributed by atoms with Crippen molar-refractivity contribution in [1.29, 1.82) is 0 Å². The summed E-state index contributed by atoms with van der Waals surface area (Å²) in [5.74, 6) is -0.355. The molecule has 0 saturated carbocycles. The molecule has 0 saturated heterocycles. The quantitative estimate of drug-likeness (QED) is 0.692. The SMILES string of the molecule is CC(C)CC(C)O[C@H](C)C(=O)O. The molecule has 0 fully saturated rings. The topological polar surface area (TPSA) is 46.5 Å². The van der Waals surface area contributed by atoms with Gasteiger partial charge in [-0.1, -0.05) is 13.8 Å². The number of hydrogen-bond acceptors (Lipinski definition) is 2. The minimum atomic E-state index is -0.898. The van der Waals surface area contributed by atoms with Crippen molar-refractivity contribution in [3.05, 3.63) is 0 Å². The van der Waals surface area contributed by atoms with Gasteiger partial charge in [-0.15, -0.1) is 0 Å². The zero-order valence-electron chi connectivity index (χ0n) is 8.20. The monoisotopic (exact) mass is 174 g/mol. The van der Waals surface area contributed by atoms with Crippen molar-refractivity contribution in [2.24, 2.45) is 5.92 Å². The summed E-state index contributed by atoms with van der Waals surface area (Å²) >= 11 is 0. The van der Waals surface area contributed by atoms with Crippen molar-refractivity contribution in [3.63, 3.8) is 0 Å². The Morgan fingerprint density at radius 3 is 2.17 bits per heavy atom. The van der Waals surface area contributed by atoms with E-state index in [0.717, 1.165) is 6.42 Å². The molecule has 0 aliphatic heterocycles. The Balaban J connectivity index is 3.68. The fraction of sp³-hybridized carbons (Fsp3) is 0.889. The number of carboxylic acids is 1. The Labute approximate surface area is 73.7 Å². The molecule has 0 aromatic heterocycles. The first-order chi connectivity index (χ1) is 5.43. The normalized spacial score (nSPS) is 16.1. The molecular weight excluding hydrogens is 156 g/mol. The maximum Gasteiger partial charge on any atom is 0.332 e. The Morgan fingerprint density at radius 2 is 1.83 bits per heavy atom. The van der Waals surface area contributed by atoms with E-state index in [1.807, 2.05) is 6.92 Å². The summed E-state index contributed by atoms with van der Waals surface area (Å²) in [6, 6.07) is 0. The highest BCUT2D eigenvalue weighted by atomic mass is 16.5. The molecule has 2 atom stereocenters. The predicted molar refractivity (Wildman–Crippen MR) is 47.1 cm³/mol. The maximum absolute atomic E-state index is 10.4. The summed E-state index contributed by atoms with van der Waals surface area (Å²) in [5, 5.41) is 8.54. The molecule has 0 aromatic rings. The lowest BCUT2D eigenvalue weighted by atomic mass is 10.1. The van der Waals surface area contributed by atoms with Crippen molar-refractivity contribution in [3.8, 4) is 0 Å². The molecule has 0 aliphatic carbocycles. The maximum atomic E-state index is 10.4. The Hall–Kier alpha value is -0.570. The predicted octanol–water partition coefficient (Wildman–Crippen LogP) is 1.91. The highest BCUT2D eigenvalue weighted by molar-refractivity contribution is 5.71. The number of carboxylic acid groups (broad SMARTS) is 1. The highest BCUT2D eigenvalue weighted by Gasteiger charge is 2.15. The largest absolute Gasteiger partial charge is 0.479 e. The second kappa shape index (κ2) is 5.14. The molecule has 1 unspecified atom stereocenters. The Bertz CT molecular complexity index is 143. The first-order valence-electron chi connectivity index (χ1n) is 4.31. The smallest absolute Gasteiger partial charge is 0.332 e. The van der Waals surface area contributed by atoms with Gasteiger partial charge in [-0.2, -0.15) is 0 Å². The van der Waals surface area contributed by atoms with Gasteiger partial charge in [0, 0.05) is 0 Å². The second-order valence-electron chi connectivity index (χ2n) is 3.56. The van der Waals surface area contributed by atoms with E-state index in [4.69, 9.17) is 9.84 Å². The van der Waals surface area contributed by atoms with E-state index in [0.29, 0.717) is 5.92 Å². The summed E-state index contributed by atoms with van der Waals surface area (Å²) in [6.45, 7) is 7.63. The van der Waals surface area contributed by atoms with Gasteiger partial charge in [0.05, 0.1) is 6.10 Å². The molecule has 12 heavy (non-hydrogen) atoms. The first-order valence-corrected chi connectivity index (χ1v) is 4.31. The molecule has 0 heterocycles. The average Bonchev–Trinajstić information content (AvgIpc) is 1.84. The van der Waals surface area contributed by atoms with Crippen LogP contribution in [0, 0.1) is 5.92 Å². The van der Waals surface area contributed by atoms with E-state index >= 15 is 0 Å². The lowest BCUT2D eigenvalue weighted by molar-refractivity contribution is -0.152. The number of aliphatic carboxylic acids is 1. The van der Waals surface area contributed by atoms with Gasteiger partial charge in [0.25, 0.3) is 0 Å². The summed E-state index contributed by atoms with van der Waals surface area (Å²) in [6.07, 6.45) is 0.229. The average molecular weight is 174 g/mol. The second-order valence-corrected chi connectivity index (χ2v) is 3.56. The third-order valence-electron chi connectivity index (χ3n) is 1.59. The molecule has 0 aliphatic rings. The summed E-state index contributed by atoms with van der Waals surface area (Å²) in [4.78, 5) is 10.4. The summed E-state index contributed by atoms with van der Waals surface area (Å²) < 4.78 is 5.22. The van der Waals surface area contributed by atoms with Crippen LogP contribution >= 0.6 is 0 Å². The van der Waals surface area contributed by atoms with Crippen molar-refractivity contribution >= 4 is 5.97 Å². The van der Waals surface area contributed by atoms with Gasteiger partial charge in [-0.3, -0.25) is 0 Å². The minimum absolute atomic E-state index is 0.0242. The number of carbonyl (C=O) groups is 1. The molecule has 0 amide bonds. The number of ether oxygens (including phenoxy) is 1. The molecule has 0 aromatic carbocycles. The van der Waals surface area contributed by atoms with Crippen molar-refractivity contribution in [2.75, 3.05) is 0 Å². The highest BCUT2D eigenvalue weighted by Crippen LogP contribution is 2.09. The molecule has 3 nitrogen and oxygen atoms in total. The van der Waals surface area contributed by atoms with Crippen molar-refractivity contribution in [1.82, 2.24) is 0 Å². The molecule has 1 N–H and O–H groups in total. The van der Waals surface area contributed by atoms with Crippen LogP contribution in [0.4, 0.5) is 0 Å². The molecule has 0 bridgehead atoms. The molecule has 0 rings (SSSR count). The fourth-order valence-electron chi connectivity index (χ4n) is 1.13. The standard InChI is InChI=1S/C9H18O3/c1-6(2)5-7(3)12-8(4)9(10)11/h6-8H,5H2,1-4H3,(H,10,11)/t7?,8-/m1/s1. The van der Waals surface area contributed by atoms with E-state index in [2.05, 4.69) is 13.8 Å². The third-order valence-corrected chi connectivity index (χ3v) is 1.59. The zero-order valence-corrected chi connectivity index (χ0v) is 8.20. The zero-order chi connectivity index (χ0) is 9.72. The third kappa shape index (κ3) is 5.13. The molecule has 3 heteroatoms. The lowest BCUT2D eigenvalue weighted by Gasteiger charge is -2.17. The van der Waals surface area contributed by atoms with Crippen LogP contribution in [0.15, 0.2) is 0 Å². The Kier molecular flexibility index (Phi) is 4.90. The Morgan fingerprint density at radius 1 is 1.33 bits per heavy atom. The van der Waals surface area contributed by atoms with Gasteiger partial charge in [0.1, 0.15) is 0 Å². The number of hydrogen-bond donors (Lipinski definition) is 1. The van der Waals surface area contributed by atoms with Crippen molar-refractivity contribution < 1.29 is 14.6 Å². The first kappa shape index (κ1) is 11.4. The van der Waals surface area contributed by atoms with E-state index in [1.54, 1.807) is 6.92 Å². The van der Waals surface area contributed by atoms with Crippen LogP contribution in [0.2, 0.25) is 0 Å². The van der Waals surface area contributed by atoms with Gasteiger partial charge in [0.2, 0.25) is 0 Å². The van der Waals surface area contributed by atoms with E-state index in [1.165, 1.54) is 0 Å². The van der Waals surface area contributed by atoms with Crippen LogP contribution in [0.5, 0.6) is 0 Å². The van der Waals surface area contributed by atoms with E-state index in [9.17, 15) is 4.79 Å².